The van der Waals surface area contributed by atoms with Crippen molar-refractivity contribution in [2.45, 2.75) is 33.2 Å². The van der Waals surface area contributed by atoms with Gasteiger partial charge in [-0.05, 0) is 64.1 Å². The molecule has 2 aromatic carbocycles. The van der Waals surface area contributed by atoms with Gasteiger partial charge >= 0.3 is 0 Å². The number of allylic oxidation sites excluding steroid dienone is 2. The number of nitrogens with zero attached hydrogens (tertiary/aromatic N) is 4. The van der Waals surface area contributed by atoms with Gasteiger partial charge in [-0.25, -0.2) is 4.98 Å². The van der Waals surface area contributed by atoms with Crippen molar-refractivity contribution in [3.05, 3.63) is 60.4 Å². The molecular formula is C24H29N5. The van der Waals surface area contributed by atoms with Crippen LogP contribution in [0.5, 0.6) is 0 Å². The highest BCUT2D eigenvalue weighted by molar-refractivity contribution is 6.09. The second-order valence-corrected chi connectivity index (χ2v) is 8.00. The van der Waals surface area contributed by atoms with E-state index < -0.39 is 0 Å². The van der Waals surface area contributed by atoms with Crippen molar-refractivity contribution in [2.75, 3.05) is 24.3 Å². The molecule has 0 bridgehead atoms. The summed E-state index contributed by atoms with van der Waals surface area (Å²) in [7, 11) is 3.87. The summed E-state index contributed by atoms with van der Waals surface area (Å²) in [5, 5.41) is 3.50. The van der Waals surface area contributed by atoms with Crippen molar-refractivity contribution in [1.82, 2.24) is 9.97 Å². The molecule has 0 atom stereocenters. The van der Waals surface area contributed by atoms with Gasteiger partial charge in [0.2, 0.25) is 0 Å². The van der Waals surface area contributed by atoms with Gasteiger partial charge in [-0.2, -0.15) is 0 Å². The summed E-state index contributed by atoms with van der Waals surface area (Å²) in [5.74, 6) is 0. The Morgan fingerprint density at radius 2 is 1.83 bits per heavy atom. The number of anilines is 3. The molecule has 5 heteroatoms. The average Bonchev–Trinajstić information content (AvgIpc) is 2.70. The van der Waals surface area contributed by atoms with E-state index in [0.717, 1.165) is 33.7 Å². The van der Waals surface area contributed by atoms with Crippen LogP contribution in [-0.2, 0) is 0 Å². The number of hydrogen-bond acceptors (Lipinski definition) is 5. The number of aliphatic imine (C=N–C) groups is 1. The maximum atomic E-state index is 4.78. The van der Waals surface area contributed by atoms with Gasteiger partial charge in [-0.3, -0.25) is 9.98 Å². The minimum atomic E-state index is 0.0554. The summed E-state index contributed by atoms with van der Waals surface area (Å²) < 4.78 is 0. The van der Waals surface area contributed by atoms with Gasteiger partial charge in [0.1, 0.15) is 0 Å². The Bertz CT molecular complexity index is 1060. The molecular weight excluding hydrogens is 358 g/mol. The Labute approximate surface area is 173 Å². The molecule has 0 saturated heterocycles. The van der Waals surface area contributed by atoms with Crippen molar-refractivity contribution in [3.8, 4) is 0 Å². The van der Waals surface area contributed by atoms with Gasteiger partial charge in [0.05, 0.1) is 22.9 Å². The maximum Gasteiger partial charge on any atom is 0.0915 e. The van der Waals surface area contributed by atoms with E-state index in [1.165, 1.54) is 5.69 Å². The zero-order valence-corrected chi connectivity index (χ0v) is 18.1. The summed E-state index contributed by atoms with van der Waals surface area (Å²) in [4.78, 5) is 15.7. The van der Waals surface area contributed by atoms with Crippen LogP contribution in [0.15, 0.2) is 59.7 Å². The summed E-state index contributed by atoms with van der Waals surface area (Å²) in [6.45, 7) is 8.58. The first-order chi connectivity index (χ1) is 13.8. The molecule has 0 spiro atoms. The highest BCUT2D eigenvalue weighted by atomic mass is 15.2. The topological polar surface area (TPSA) is 53.4 Å². The number of benzene rings is 2. The largest absolute Gasteiger partial charge is 0.370 e. The molecule has 0 aliphatic carbocycles. The second kappa shape index (κ2) is 8.43. The van der Waals surface area contributed by atoms with E-state index in [0.29, 0.717) is 0 Å². The standard InChI is InChI=1S/C24H29N5/c1-7-17(15-25-5)23-16-26-21-12-11-19(14-22(21)28-23)27-18-9-8-10-20(13-18)29(6)24(2,3)4/h7-16,27H,1-6H3/b17-7+,25-15?. The molecule has 1 heterocycles. The lowest BCUT2D eigenvalue weighted by atomic mass is 10.1. The third-order valence-electron chi connectivity index (χ3n) is 4.95. The molecule has 5 nitrogen and oxygen atoms in total. The number of rotatable bonds is 5. The molecule has 0 radical (unpaired) electrons. The Morgan fingerprint density at radius 1 is 1.07 bits per heavy atom. The second-order valence-electron chi connectivity index (χ2n) is 8.00. The maximum absolute atomic E-state index is 4.78. The van der Waals surface area contributed by atoms with Crippen molar-refractivity contribution in [3.63, 3.8) is 0 Å². The number of hydrogen-bond donors (Lipinski definition) is 1. The quantitative estimate of drug-likeness (QED) is 0.570. The highest BCUT2D eigenvalue weighted by Gasteiger charge is 2.17. The van der Waals surface area contributed by atoms with Gasteiger partial charge in [0.15, 0.2) is 0 Å². The first-order valence-corrected chi connectivity index (χ1v) is 9.78. The Hall–Kier alpha value is -3.21. The first-order valence-electron chi connectivity index (χ1n) is 9.78. The minimum absolute atomic E-state index is 0.0554. The van der Waals surface area contributed by atoms with Crippen molar-refractivity contribution in [2.24, 2.45) is 4.99 Å². The predicted octanol–water partition coefficient (Wildman–Crippen LogP) is 5.71. The van der Waals surface area contributed by atoms with E-state index in [1.807, 2.05) is 31.2 Å². The smallest absolute Gasteiger partial charge is 0.0915 e. The molecule has 3 rings (SSSR count). The Kier molecular flexibility index (Phi) is 5.97. The lowest BCUT2D eigenvalue weighted by Crippen LogP contribution is -2.37. The fourth-order valence-electron chi connectivity index (χ4n) is 3.00. The fraction of sp³-hybridized carbons (Fsp3) is 0.292. The van der Waals surface area contributed by atoms with Gasteiger partial charge in [-0.15, -0.1) is 0 Å². The third-order valence-corrected chi connectivity index (χ3v) is 4.95. The third kappa shape index (κ3) is 4.80. The van der Waals surface area contributed by atoms with Crippen LogP contribution in [0.2, 0.25) is 0 Å². The lowest BCUT2D eigenvalue weighted by Gasteiger charge is -2.34. The van der Waals surface area contributed by atoms with Crippen LogP contribution in [0.25, 0.3) is 16.6 Å². The molecule has 0 aliphatic rings. The molecule has 0 fully saturated rings. The van der Waals surface area contributed by atoms with Crippen LogP contribution >= 0.6 is 0 Å². The van der Waals surface area contributed by atoms with E-state index >= 15 is 0 Å². The van der Waals surface area contributed by atoms with Crippen molar-refractivity contribution < 1.29 is 0 Å². The lowest BCUT2D eigenvalue weighted by molar-refractivity contribution is 0.539. The van der Waals surface area contributed by atoms with E-state index in [-0.39, 0.29) is 5.54 Å². The van der Waals surface area contributed by atoms with Crippen LogP contribution in [0, 0.1) is 0 Å². The summed E-state index contributed by atoms with van der Waals surface area (Å²) in [5.41, 5.74) is 6.72. The molecule has 0 amide bonds. The van der Waals surface area contributed by atoms with Gasteiger partial charge < -0.3 is 10.2 Å². The van der Waals surface area contributed by atoms with E-state index in [2.05, 4.69) is 72.3 Å². The number of nitrogens with one attached hydrogen (secondary N) is 1. The number of fused-ring (bicyclic) bond motifs is 1. The van der Waals surface area contributed by atoms with Gasteiger partial charge in [0.25, 0.3) is 0 Å². The molecule has 29 heavy (non-hydrogen) atoms. The molecule has 0 saturated carbocycles. The summed E-state index contributed by atoms with van der Waals surface area (Å²) in [6.07, 6.45) is 5.58. The Balaban J connectivity index is 1.91. The predicted molar refractivity (Wildman–Crippen MR) is 125 cm³/mol. The zero-order valence-electron chi connectivity index (χ0n) is 18.1. The van der Waals surface area contributed by atoms with Crippen LogP contribution in [0.4, 0.5) is 17.1 Å². The number of aromatic nitrogens is 2. The normalized spacial score (nSPS) is 12.6. The highest BCUT2D eigenvalue weighted by Crippen LogP contribution is 2.27. The summed E-state index contributed by atoms with van der Waals surface area (Å²) >= 11 is 0. The molecule has 1 N–H and O–H groups in total. The first kappa shape index (κ1) is 20.5. The molecule has 0 aliphatic heterocycles. The van der Waals surface area contributed by atoms with E-state index in [4.69, 9.17) is 4.98 Å². The SMILES string of the molecule is C/C=C(\C=NC)c1cnc2ccc(Nc3cccc(N(C)C(C)(C)C)c3)cc2n1. The van der Waals surface area contributed by atoms with Gasteiger partial charge in [-0.1, -0.05) is 12.1 Å². The fourth-order valence-corrected chi connectivity index (χ4v) is 3.00. The van der Waals surface area contributed by atoms with E-state index in [9.17, 15) is 0 Å². The monoisotopic (exact) mass is 387 g/mol. The van der Waals surface area contributed by atoms with Crippen molar-refractivity contribution in [1.29, 1.82) is 0 Å². The molecule has 3 aromatic rings. The van der Waals surface area contributed by atoms with Gasteiger partial charge in [0, 0.05) is 48.5 Å². The van der Waals surface area contributed by atoms with Crippen LogP contribution in [0.3, 0.4) is 0 Å². The van der Waals surface area contributed by atoms with Crippen LogP contribution in [0.1, 0.15) is 33.4 Å². The minimum Gasteiger partial charge on any atom is -0.370 e. The average molecular weight is 388 g/mol. The van der Waals surface area contributed by atoms with Crippen LogP contribution < -0.4 is 10.2 Å². The molecule has 150 valence electrons. The molecule has 1 aromatic heterocycles. The van der Waals surface area contributed by atoms with E-state index in [1.54, 1.807) is 19.5 Å². The molecule has 0 unspecified atom stereocenters. The Morgan fingerprint density at radius 3 is 2.52 bits per heavy atom. The van der Waals surface area contributed by atoms with Crippen LogP contribution in [-0.4, -0.2) is 35.8 Å². The van der Waals surface area contributed by atoms with Crippen molar-refractivity contribution >= 4 is 39.9 Å². The zero-order chi connectivity index (χ0) is 21.0. The summed E-state index contributed by atoms with van der Waals surface area (Å²) in [6, 6.07) is 14.5.